The lowest BCUT2D eigenvalue weighted by Crippen LogP contribution is -1.80. The van der Waals surface area contributed by atoms with E-state index in [-0.39, 0.29) is 0 Å². The lowest BCUT2D eigenvalue weighted by Gasteiger charge is -2.07. The summed E-state index contributed by atoms with van der Waals surface area (Å²) in [4.78, 5) is 7.00. The minimum absolute atomic E-state index is 0.962. The minimum Gasteiger partial charge on any atom is -0.260 e. The maximum Gasteiger partial charge on any atom is 0.0765 e. The molecule has 0 aromatic heterocycles. The van der Waals surface area contributed by atoms with E-state index in [4.69, 9.17) is 0 Å². The summed E-state index contributed by atoms with van der Waals surface area (Å²) in [6.45, 7) is 4.24. The van der Waals surface area contributed by atoms with E-state index in [2.05, 4.69) is 61.3 Å². The van der Waals surface area contributed by atoms with Gasteiger partial charge in [0.2, 0.25) is 0 Å². The van der Waals surface area contributed by atoms with Gasteiger partial charge in [0.05, 0.1) is 5.69 Å². The minimum atomic E-state index is 0.962. The highest BCUT2D eigenvalue weighted by Gasteiger charge is 2.04. The lowest BCUT2D eigenvalue weighted by molar-refractivity contribution is 1.27. The van der Waals surface area contributed by atoms with Gasteiger partial charge < -0.3 is 0 Å². The molecule has 0 fully saturated rings. The maximum absolute atomic E-state index is 4.50. The molecule has 2 heteroatoms. The summed E-state index contributed by atoms with van der Waals surface area (Å²) in [6.07, 6.45) is 2.92. The smallest absolute Gasteiger partial charge is 0.0765 e. The Labute approximate surface area is 113 Å². The molecule has 0 N–H and O–H groups in total. The van der Waals surface area contributed by atoms with Crippen LogP contribution in [-0.2, 0) is 0 Å². The number of aliphatic imine (C=N–C) groups is 1. The van der Waals surface area contributed by atoms with Crippen molar-refractivity contribution < 1.29 is 0 Å². The van der Waals surface area contributed by atoms with Gasteiger partial charge in [-0.2, -0.15) is 0 Å². The quantitative estimate of drug-likeness (QED) is 0.679. The Hall–Kier alpha value is -1.54. The molecule has 92 valence electrons. The van der Waals surface area contributed by atoms with E-state index in [1.807, 2.05) is 12.3 Å². The number of aryl methyl sites for hydroxylation is 1. The van der Waals surface area contributed by atoms with Gasteiger partial charge in [0.1, 0.15) is 0 Å². The molecule has 0 bridgehead atoms. The summed E-state index contributed by atoms with van der Waals surface area (Å²) in [5, 5.41) is 0. The topological polar surface area (TPSA) is 12.4 Å². The lowest BCUT2D eigenvalue weighted by atomic mass is 10.2. The van der Waals surface area contributed by atoms with Gasteiger partial charge in [0.15, 0.2) is 0 Å². The van der Waals surface area contributed by atoms with E-state index in [1.54, 1.807) is 11.8 Å². The predicted molar refractivity (Wildman–Crippen MR) is 80.2 cm³/mol. The first-order valence-electron chi connectivity index (χ1n) is 6.16. The first-order valence-corrected chi connectivity index (χ1v) is 6.98. The zero-order chi connectivity index (χ0) is 12.8. The first-order chi connectivity index (χ1) is 8.81. The summed E-state index contributed by atoms with van der Waals surface area (Å²) in [5.74, 6) is 0. The van der Waals surface area contributed by atoms with Gasteiger partial charge in [0.25, 0.3) is 0 Å². The van der Waals surface area contributed by atoms with E-state index in [0.29, 0.717) is 0 Å². The summed E-state index contributed by atoms with van der Waals surface area (Å²) in [5.41, 5.74) is 2.35. The average Bonchev–Trinajstić information content (AvgIpc) is 2.40. The second-order valence-corrected chi connectivity index (χ2v) is 5.14. The van der Waals surface area contributed by atoms with Crippen LogP contribution in [0.4, 0.5) is 5.69 Å². The normalized spacial score (nSPS) is 11.0. The molecule has 0 aliphatic carbocycles. The third kappa shape index (κ3) is 3.23. The summed E-state index contributed by atoms with van der Waals surface area (Å²) < 4.78 is 0. The van der Waals surface area contributed by atoms with Crippen LogP contribution in [0.2, 0.25) is 0 Å². The van der Waals surface area contributed by atoms with Crippen LogP contribution in [0.3, 0.4) is 0 Å². The molecule has 2 aromatic rings. The number of hydrogen-bond donors (Lipinski definition) is 0. The highest BCUT2D eigenvalue weighted by molar-refractivity contribution is 7.99. The van der Waals surface area contributed by atoms with Crippen LogP contribution in [-0.4, -0.2) is 6.21 Å². The van der Waals surface area contributed by atoms with Gasteiger partial charge in [-0.1, -0.05) is 49.0 Å². The highest BCUT2D eigenvalue weighted by atomic mass is 32.2. The fraction of sp³-hybridized carbons (Fsp3) is 0.188. The van der Waals surface area contributed by atoms with Crippen molar-refractivity contribution in [2.45, 2.75) is 30.1 Å². The Balaban J connectivity index is 2.29. The summed E-state index contributed by atoms with van der Waals surface area (Å²) in [6, 6.07) is 16.7. The van der Waals surface area contributed by atoms with Crippen LogP contribution in [0.25, 0.3) is 0 Å². The third-order valence-corrected chi connectivity index (χ3v) is 3.83. The SMILES string of the molecule is CC/C=N\c1ccccc1Sc1ccccc1C. The van der Waals surface area contributed by atoms with E-state index in [1.165, 1.54) is 15.4 Å². The molecule has 0 spiro atoms. The van der Waals surface area contributed by atoms with E-state index in [0.717, 1.165) is 12.1 Å². The Morgan fingerprint density at radius 3 is 2.39 bits per heavy atom. The average molecular weight is 255 g/mol. The largest absolute Gasteiger partial charge is 0.260 e. The van der Waals surface area contributed by atoms with Crippen molar-refractivity contribution in [2.24, 2.45) is 4.99 Å². The molecule has 2 aromatic carbocycles. The second kappa shape index (κ2) is 6.41. The molecular formula is C16H17NS. The monoisotopic (exact) mass is 255 g/mol. The Kier molecular flexibility index (Phi) is 4.59. The molecule has 0 heterocycles. The van der Waals surface area contributed by atoms with E-state index >= 15 is 0 Å². The molecule has 2 rings (SSSR count). The molecule has 0 saturated heterocycles. The number of hydrogen-bond acceptors (Lipinski definition) is 2. The molecule has 18 heavy (non-hydrogen) atoms. The highest BCUT2D eigenvalue weighted by Crippen LogP contribution is 2.36. The number of benzene rings is 2. The van der Waals surface area contributed by atoms with E-state index < -0.39 is 0 Å². The molecule has 0 radical (unpaired) electrons. The van der Waals surface area contributed by atoms with Crippen LogP contribution < -0.4 is 0 Å². The van der Waals surface area contributed by atoms with Crippen molar-refractivity contribution in [3.8, 4) is 0 Å². The van der Waals surface area contributed by atoms with Crippen LogP contribution in [0.5, 0.6) is 0 Å². The van der Waals surface area contributed by atoms with Crippen molar-refractivity contribution in [1.82, 2.24) is 0 Å². The standard InChI is InChI=1S/C16H17NS/c1-3-12-17-14-9-5-7-11-16(14)18-15-10-6-4-8-13(15)2/h4-12H,3H2,1-2H3/b17-12-. The molecule has 0 unspecified atom stereocenters. The Morgan fingerprint density at radius 1 is 1.00 bits per heavy atom. The van der Waals surface area contributed by atoms with Crippen LogP contribution >= 0.6 is 11.8 Å². The number of rotatable bonds is 4. The molecule has 1 nitrogen and oxygen atoms in total. The Morgan fingerprint density at radius 2 is 1.67 bits per heavy atom. The van der Waals surface area contributed by atoms with Crippen molar-refractivity contribution in [1.29, 1.82) is 0 Å². The van der Waals surface area contributed by atoms with Gasteiger partial charge in [-0.15, -0.1) is 0 Å². The summed E-state index contributed by atoms with van der Waals surface area (Å²) in [7, 11) is 0. The van der Waals surface area contributed by atoms with Crippen molar-refractivity contribution in [3.05, 3.63) is 54.1 Å². The molecule has 0 saturated carbocycles. The molecular weight excluding hydrogens is 238 g/mol. The van der Waals surface area contributed by atoms with Gasteiger partial charge in [0, 0.05) is 16.0 Å². The zero-order valence-corrected chi connectivity index (χ0v) is 11.6. The van der Waals surface area contributed by atoms with E-state index in [9.17, 15) is 0 Å². The van der Waals surface area contributed by atoms with Gasteiger partial charge in [-0.05, 0) is 37.1 Å². The number of nitrogens with zero attached hydrogens (tertiary/aromatic N) is 1. The first kappa shape index (κ1) is 12.9. The van der Waals surface area contributed by atoms with Crippen LogP contribution in [0, 0.1) is 6.92 Å². The molecule has 0 aliphatic heterocycles. The molecule has 0 atom stereocenters. The van der Waals surface area contributed by atoms with Crippen molar-refractivity contribution in [3.63, 3.8) is 0 Å². The predicted octanol–water partition coefficient (Wildman–Crippen LogP) is 5.26. The van der Waals surface area contributed by atoms with Gasteiger partial charge >= 0.3 is 0 Å². The van der Waals surface area contributed by atoms with Crippen LogP contribution in [0.15, 0.2) is 63.3 Å². The fourth-order valence-electron chi connectivity index (χ4n) is 1.63. The summed E-state index contributed by atoms with van der Waals surface area (Å²) >= 11 is 1.78. The second-order valence-electron chi connectivity index (χ2n) is 4.06. The third-order valence-electron chi connectivity index (χ3n) is 2.59. The van der Waals surface area contributed by atoms with Gasteiger partial charge in [-0.3, -0.25) is 4.99 Å². The molecule has 0 aliphatic rings. The Bertz CT molecular complexity index is 546. The van der Waals surface area contributed by atoms with Crippen molar-refractivity contribution in [2.75, 3.05) is 0 Å². The van der Waals surface area contributed by atoms with Gasteiger partial charge in [-0.25, -0.2) is 0 Å². The van der Waals surface area contributed by atoms with Crippen molar-refractivity contribution >= 4 is 23.7 Å². The number of para-hydroxylation sites is 1. The molecule has 0 amide bonds. The maximum atomic E-state index is 4.50. The zero-order valence-electron chi connectivity index (χ0n) is 10.8. The fourth-order valence-corrected chi connectivity index (χ4v) is 2.61. The van der Waals surface area contributed by atoms with Crippen LogP contribution in [0.1, 0.15) is 18.9 Å².